The van der Waals surface area contributed by atoms with Crippen LogP contribution in [0.15, 0.2) is 28.8 Å². The Balaban J connectivity index is 2.62. The molecule has 1 heteroatoms. The fraction of sp³-hybridized carbons (Fsp3) is 0.462. The van der Waals surface area contributed by atoms with Crippen LogP contribution in [0.3, 0.4) is 0 Å². The summed E-state index contributed by atoms with van der Waals surface area (Å²) in [5.41, 5.74) is 4.85. The van der Waals surface area contributed by atoms with E-state index in [-0.39, 0.29) is 0 Å². The molecule has 0 spiro atoms. The highest BCUT2D eigenvalue weighted by Crippen LogP contribution is 2.13. The molecule has 0 fully saturated rings. The molecule has 0 saturated heterocycles. The highest BCUT2D eigenvalue weighted by Gasteiger charge is 1.91. The number of unbranched alkanes of at least 4 members (excludes halogenated alkanes) is 1. The van der Waals surface area contributed by atoms with Crippen molar-refractivity contribution in [3.05, 3.63) is 33.7 Å². The van der Waals surface area contributed by atoms with Gasteiger partial charge in [-0.2, -0.15) is 0 Å². The predicted octanol–water partition coefficient (Wildman–Crippen LogP) is 4.89. The predicted molar refractivity (Wildman–Crippen MR) is 65.6 cm³/mol. The molecule has 0 bridgehead atoms. The second-order valence-corrected chi connectivity index (χ2v) is 4.34. The van der Waals surface area contributed by atoms with E-state index in [1.165, 1.54) is 29.7 Å². The Morgan fingerprint density at radius 2 is 2.36 bits per heavy atom. The standard InChI is InChI=1S/C13H18S/c1-3-5-7-12(4-2)9-10-13-8-6-11-14-13/h6,8,10-11H,3-5,7H2,1-2H3. The lowest BCUT2D eigenvalue weighted by Crippen LogP contribution is -1.78. The van der Waals surface area contributed by atoms with Gasteiger partial charge in [0.15, 0.2) is 0 Å². The van der Waals surface area contributed by atoms with Crippen LogP contribution in [0.2, 0.25) is 0 Å². The fourth-order valence-electron chi connectivity index (χ4n) is 1.29. The largest absolute Gasteiger partial charge is 0.144 e. The zero-order valence-electron chi connectivity index (χ0n) is 9.05. The molecule has 0 saturated carbocycles. The van der Waals surface area contributed by atoms with Gasteiger partial charge in [0.2, 0.25) is 0 Å². The van der Waals surface area contributed by atoms with Gasteiger partial charge < -0.3 is 0 Å². The molecule has 1 heterocycles. The van der Waals surface area contributed by atoms with Gasteiger partial charge in [-0.1, -0.05) is 26.3 Å². The van der Waals surface area contributed by atoms with Gasteiger partial charge in [0, 0.05) is 4.88 Å². The van der Waals surface area contributed by atoms with Crippen molar-refractivity contribution in [1.82, 2.24) is 0 Å². The van der Waals surface area contributed by atoms with Gasteiger partial charge in [-0.15, -0.1) is 17.1 Å². The van der Waals surface area contributed by atoms with Crippen LogP contribution in [-0.4, -0.2) is 0 Å². The number of hydrogen-bond donors (Lipinski definition) is 0. The Labute approximate surface area is 91.0 Å². The van der Waals surface area contributed by atoms with Crippen LogP contribution in [0.25, 0.3) is 6.08 Å². The van der Waals surface area contributed by atoms with Crippen molar-refractivity contribution in [2.45, 2.75) is 39.5 Å². The van der Waals surface area contributed by atoms with Crippen LogP contribution in [0.1, 0.15) is 44.4 Å². The first-order valence-corrected chi connectivity index (χ1v) is 6.22. The molecular formula is C13H18S. The molecular weight excluding hydrogens is 188 g/mol. The highest BCUT2D eigenvalue weighted by atomic mass is 32.1. The smallest absolute Gasteiger partial charge is 0.0347 e. The number of rotatable bonds is 5. The summed E-state index contributed by atoms with van der Waals surface area (Å²) >= 11 is 1.77. The van der Waals surface area contributed by atoms with Gasteiger partial charge in [0.05, 0.1) is 0 Å². The molecule has 0 radical (unpaired) electrons. The summed E-state index contributed by atoms with van der Waals surface area (Å²) in [6.45, 7) is 4.44. The van der Waals surface area contributed by atoms with E-state index in [4.69, 9.17) is 0 Å². The average Bonchev–Trinajstić information content (AvgIpc) is 2.71. The SMILES string of the molecule is CCCCC(=C=Cc1cccs1)CC. The molecule has 0 aliphatic carbocycles. The number of allylic oxidation sites excluding steroid dienone is 1. The monoisotopic (exact) mass is 206 g/mol. The Morgan fingerprint density at radius 3 is 2.93 bits per heavy atom. The summed E-state index contributed by atoms with van der Waals surface area (Å²) in [4.78, 5) is 1.30. The van der Waals surface area contributed by atoms with Crippen molar-refractivity contribution in [3.63, 3.8) is 0 Å². The minimum Gasteiger partial charge on any atom is -0.144 e. The average molecular weight is 206 g/mol. The van der Waals surface area contributed by atoms with Gasteiger partial charge in [-0.3, -0.25) is 0 Å². The summed E-state index contributed by atoms with van der Waals surface area (Å²) in [6.07, 6.45) is 6.99. The third-order valence-corrected chi connectivity index (χ3v) is 3.04. The fourth-order valence-corrected chi connectivity index (χ4v) is 1.89. The summed E-state index contributed by atoms with van der Waals surface area (Å²) in [5, 5.41) is 2.10. The first-order valence-electron chi connectivity index (χ1n) is 5.34. The van der Waals surface area contributed by atoms with Crippen molar-refractivity contribution >= 4 is 17.4 Å². The van der Waals surface area contributed by atoms with Gasteiger partial charge in [-0.25, -0.2) is 0 Å². The third kappa shape index (κ3) is 3.95. The molecule has 0 aliphatic heterocycles. The topological polar surface area (TPSA) is 0 Å². The molecule has 0 unspecified atom stereocenters. The molecule has 0 aliphatic rings. The summed E-state index contributed by atoms with van der Waals surface area (Å²) in [5.74, 6) is 0. The lowest BCUT2D eigenvalue weighted by atomic mass is 10.1. The van der Waals surface area contributed by atoms with Crippen LogP contribution in [-0.2, 0) is 0 Å². The molecule has 0 N–H and O–H groups in total. The molecule has 0 atom stereocenters. The lowest BCUT2D eigenvalue weighted by molar-refractivity contribution is 0.768. The summed E-state index contributed by atoms with van der Waals surface area (Å²) < 4.78 is 0. The summed E-state index contributed by atoms with van der Waals surface area (Å²) in [6, 6.07) is 4.21. The zero-order valence-corrected chi connectivity index (χ0v) is 9.86. The van der Waals surface area contributed by atoms with Gasteiger partial charge in [0.25, 0.3) is 0 Å². The Kier molecular flexibility index (Phi) is 5.36. The minimum atomic E-state index is 1.13. The number of hydrogen-bond acceptors (Lipinski definition) is 1. The van der Waals surface area contributed by atoms with E-state index in [0.29, 0.717) is 0 Å². The van der Waals surface area contributed by atoms with E-state index in [9.17, 15) is 0 Å². The quantitative estimate of drug-likeness (QED) is 0.602. The summed E-state index contributed by atoms with van der Waals surface area (Å²) in [7, 11) is 0. The van der Waals surface area contributed by atoms with E-state index < -0.39 is 0 Å². The van der Waals surface area contributed by atoms with E-state index in [2.05, 4.69) is 43.2 Å². The second-order valence-electron chi connectivity index (χ2n) is 3.36. The molecule has 1 aromatic heterocycles. The lowest BCUT2D eigenvalue weighted by Gasteiger charge is -1.97. The van der Waals surface area contributed by atoms with Gasteiger partial charge in [0.1, 0.15) is 0 Å². The van der Waals surface area contributed by atoms with E-state index in [0.717, 1.165) is 6.42 Å². The Bertz CT molecular complexity index is 300. The van der Waals surface area contributed by atoms with E-state index in [1.807, 2.05) is 0 Å². The van der Waals surface area contributed by atoms with Crippen molar-refractivity contribution in [3.8, 4) is 0 Å². The zero-order chi connectivity index (χ0) is 10.2. The van der Waals surface area contributed by atoms with Gasteiger partial charge >= 0.3 is 0 Å². The molecule has 0 amide bonds. The maximum absolute atomic E-state index is 3.41. The maximum atomic E-state index is 3.41. The van der Waals surface area contributed by atoms with Crippen LogP contribution in [0.5, 0.6) is 0 Å². The van der Waals surface area contributed by atoms with Crippen molar-refractivity contribution in [2.24, 2.45) is 0 Å². The van der Waals surface area contributed by atoms with Crippen LogP contribution in [0, 0.1) is 0 Å². The molecule has 0 nitrogen and oxygen atoms in total. The first-order chi connectivity index (χ1) is 6.86. The number of thiophene rings is 1. The highest BCUT2D eigenvalue weighted by molar-refractivity contribution is 7.10. The molecule has 1 aromatic rings. The van der Waals surface area contributed by atoms with E-state index in [1.54, 1.807) is 11.3 Å². The third-order valence-electron chi connectivity index (χ3n) is 2.22. The molecule has 76 valence electrons. The Hall–Kier alpha value is -0.780. The van der Waals surface area contributed by atoms with Crippen LogP contribution in [0.4, 0.5) is 0 Å². The van der Waals surface area contributed by atoms with Crippen LogP contribution >= 0.6 is 11.3 Å². The van der Waals surface area contributed by atoms with Gasteiger partial charge in [-0.05, 0) is 42.4 Å². The Morgan fingerprint density at radius 1 is 1.50 bits per heavy atom. The first kappa shape index (κ1) is 11.3. The van der Waals surface area contributed by atoms with Crippen molar-refractivity contribution in [2.75, 3.05) is 0 Å². The van der Waals surface area contributed by atoms with Crippen LogP contribution < -0.4 is 0 Å². The van der Waals surface area contributed by atoms with E-state index >= 15 is 0 Å². The second kappa shape index (κ2) is 6.64. The maximum Gasteiger partial charge on any atom is 0.0347 e. The molecule has 14 heavy (non-hydrogen) atoms. The normalized spacial score (nSPS) is 9.57. The molecule has 0 aromatic carbocycles. The van der Waals surface area contributed by atoms with Crippen molar-refractivity contribution in [1.29, 1.82) is 0 Å². The molecule has 1 rings (SSSR count). The minimum absolute atomic E-state index is 1.13. The van der Waals surface area contributed by atoms with Crippen molar-refractivity contribution < 1.29 is 0 Å².